The van der Waals surface area contributed by atoms with Gasteiger partial charge in [0.2, 0.25) is 11.8 Å². The van der Waals surface area contributed by atoms with E-state index >= 15 is 0 Å². The maximum Gasteiger partial charge on any atom is 0.499 e. The molecule has 1 atom stereocenters. The first kappa shape index (κ1) is 21.7. The van der Waals surface area contributed by atoms with Gasteiger partial charge in [0, 0.05) is 18.5 Å². The first-order valence-corrected chi connectivity index (χ1v) is 9.48. The molecule has 2 aromatic rings. The van der Waals surface area contributed by atoms with Gasteiger partial charge in [-0.2, -0.15) is 22.0 Å². The van der Waals surface area contributed by atoms with Crippen LogP contribution in [0.25, 0.3) is 11.1 Å². The lowest BCUT2D eigenvalue weighted by Gasteiger charge is -2.29. The van der Waals surface area contributed by atoms with E-state index < -0.39 is 35.9 Å². The molecule has 3 amide bonds. The minimum atomic E-state index is -5.86. The Morgan fingerprint density at radius 3 is 2.22 bits per heavy atom. The second-order valence-corrected chi connectivity index (χ2v) is 7.37. The summed E-state index contributed by atoms with van der Waals surface area (Å²) < 4.78 is 67.0. The summed E-state index contributed by atoms with van der Waals surface area (Å²) in [7, 11) is 0. The molecule has 32 heavy (non-hydrogen) atoms. The maximum absolute atomic E-state index is 13.1. The van der Waals surface area contributed by atoms with Crippen LogP contribution in [0.15, 0.2) is 42.5 Å². The van der Waals surface area contributed by atoms with Gasteiger partial charge in [-0.1, -0.05) is 24.3 Å². The number of halogens is 5. The van der Waals surface area contributed by atoms with E-state index in [1.54, 1.807) is 18.2 Å². The van der Waals surface area contributed by atoms with Gasteiger partial charge < -0.3 is 9.64 Å². The van der Waals surface area contributed by atoms with Crippen LogP contribution >= 0.6 is 0 Å². The van der Waals surface area contributed by atoms with E-state index in [-0.39, 0.29) is 25.3 Å². The van der Waals surface area contributed by atoms with E-state index in [0.717, 1.165) is 12.1 Å². The maximum atomic E-state index is 13.1. The minimum Gasteiger partial charge on any atom is -0.426 e. The van der Waals surface area contributed by atoms with E-state index in [4.69, 9.17) is 0 Å². The van der Waals surface area contributed by atoms with Gasteiger partial charge in [-0.15, -0.1) is 0 Å². The molecule has 2 aliphatic rings. The molecule has 168 valence electrons. The van der Waals surface area contributed by atoms with Crippen molar-refractivity contribution < 1.29 is 41.1 Å². The predicted molar refractivity (Wildman–Crippen MR) is 99.6 cm³/mol. The molecule has 0 spiro atoms. The standard InChI is InChI=1S/C21H15F5N2O4/c22-20(23,24)21(25,26)32-12-6-4-11(5-7-12)13-2-1-3-14-15(13)10-28(19(14)31)16-8-9-17(29)27-18(16)30/h1-7,16H,8-10H2,(H,27,29,30). The number of imide groups is 1. The van der Waals surface area contributed by atoms with Crippen molar-refractivity contribution in [3.8, 4) is 16.9 Å². The molecule has 0 saturated carbocycles. The van der Waals surface area contributed by atoms with Crippen molar-refractivity contribution in [2.75, 3.05) is 0 Å². The van der Waals surface area contributed by atoms with Crippen molar-refractivity contribution in [1.29, 1.82) is 0 Å². The fourth-order valence-electron chi connectivity index (χ4n) is 3.76. The molecule has 2 aromatic carbocycles. The second kappa shape index (κ2) is 7.57. The number of ether oxygens (including phenoxy) is 1. The quantitative estimate of drug-likeness (QED) is 0.566. The number of piperidine rings is 1. The van der Waals surface area contributed by atoms with E-state index in [1.165, 1.54) is 17.0 Å². The topological polar surface area (TPSA) is 75.7 Å². The van der Waals surface area contributed by atoms with Crippen LogP contribution in [-0.2, 0) is 16.1 Å². The number of amides is 3. The van der Waals surface area contributed by atoms with Crippen LogP contribution in [-0.4, -0.2) is 40.9 Å². The zero-order chi connectivity index (χ0) is 23.3. The molecule has 1 N–H and O–H groups in total. The molecule has 1 fully saturated rings. The highest BCUT2D eigenvalue weighted by molar-refractivity contribution is 6.06. The van der Waals surface area contributed by atoms with Gasteiger partial charge in [0.25, 0.3) is 5.91 Å². The number of carbonyl (C=O) groups excluding carboxylic acids is 3. The summed E-state index contributed by atoms with van der Waals surface area (Å²) in [6.45, 7) is 0.0843. The molecule has 0 aliphatic carbocycles. The SMILES string of the molecule is O=C1CCC(N2Cc3c(cccc3-c3ccc(OC(F)(F)C(F)(F)F)cc3)C2=O)C(=O)N1. The summed E-state index contributed by atoms with van der Waals surface area (Å²) in [5.41, 5.74) is 1.94. The van der Waals surface area contributed by atoms with E-state index in [2.05, 4.69) is 10.1 Å². The second-order valence-electron chi connectivity index (χ2n) is 7.37. The Labute approximate surface area is 177 Å². The molecule has 0 aromatic heterocycles. The molecule has 1 saturated heterocycles. The number of hydrogen-bond acceptors (Lipinski definition) is 4. The number of carbonyl (C=O) groups is 3. The zero-order valence-corrected chi connectivity index (χ0v) is 16.2. The summed E-state index contributed by atoms with van der Waals surface area (Å²) in [4.78, 5) is 37.8. The highest BCUT2D eigenvalue weighted by Gasteiger charge is 2.61. The Morgan fingerprint density at radius 1 is 0.938 bits per heavy atom. The number of benzene rings is 2. The van der Waals surface area contributed by atoms with Crippen LogP contribution in [0.2, 0.25) is 0 Å². The molecular formula is C21H15F5N2O4. The van der Waals surface area contributed by atoms with Crippen molar-refractivity contribution in [3.05, 3.63) is 53.6 Å². The molecule has 11 heteroatoms. The Hall–Kier alpha value is -3.50. The molecule has 4 rings (SSSR count). The molecule has 0 bridgehead atoms. The van der Waals surface area contributed by atoms with Crippen LogP contribution in [0.4, 0.5) is 22.0 Å². The molecule has 6 nitrogen and oxygen atoms in total. The lowest BCUT2D eigenvalue weighted by atomic mass is 9.97. The van der Waals surface area contributed by atoms with Crippen LogP contribution in [0.3, 0.4) is 0 Å². The van der Waals surface area contributed by atoms with Crippen molar-refractivity contribution >= 4 is 17.7 Å². The summed E-state index contributed by atoms with van der Waals surface area (Å²) in [5.74, 6) is -2.03. The van der Waals surface area contributed by atoms with Crippen molar-refractivity contribution in [2.24, 2.45) is 0 Å². The molecule has 1 unspecified atom stereocenters. The Bertz CT molecular complexity index is 1100. The molecular weight excluding hydrogens is 439 g/mol. The van der Waals surface area contributed by atoms with Crippen molar-refractivity contribution in [1.82, 2.24) is 10.2 Å². The largest absolute Gasteiger partial charge is 0.499 e. The van der Waals surface area contributed by atoms with E-state index in [0.29, 0.717) is 22.3 Å². The van der Waals surface area contributed by atoms with Gasteiger partial charge in [-0.3, -0.25) is 19.7 Å². The Morgan fingerprint density at radius 2 is 1.59 bits per heavy atom. The highest BCUT2D eigenvalue weighted by Crippen LogP contribution is 2.39. The van der Waals surface area contributed by atoms with Crippen LogP contribution in [0.5, 0.6) is 5.75 Å². The Kier molecular flexibility index (Phi) is 5.14. The fraction of sp³-hybridized carbons (Fsp3) is 0.286. The average Bonchev–Trinajstić information content (AvgIpc) is 3.04. The third-order valence-electron chi connectivity index (χ3n) is 5.32. The van der Waals surface area contributed by atoms with Crippen LogP contribution in [0, 0.1) is 0 Å². The predicted octanol–water partition coefficient (Wildman–Crippen LogP) is 3.65. The molecule has 0 radical (unpaired) electrons. The Balaban J connectivity index is 1.59. The minimum absolute atomic E-state index is 0.0843. The van der Waals surface area contributed by atoms with Crippen LogP contribution in [0.1, 0.15) is 28.8 Å². The summed E-state index contributed by atoms with van der Waals surface area (Å²) in [6.07, 6.45) is -10.9. The van der Waals surface area contributed by atoms with Gasteiger partial charge in [0.1, 0.15) is 11.8 Å². The van der Waals surface area contributed by atoms with Crippen molar-refractivity contribution in [2.45, 2.75) is 37.7 Å². The summed E-state index contributed by atoms with van der Waals surface area (Å²) in [5, 5.41) is 2.21. The normalized spacial score (nSPS) is 19.1. The van der Waals surface area contributed by atoms with Gasteiger partial charge in [0.15, 0.2) is 0 Å². The van der Waals surface area contributed by atoms with Crippen molar-refractivity contribution in [3.63, 3.8) is 0 Å². The van der Waals surface area contributed by atoms with E-state index in [9.17, 15) is 36.3 Å². The smallest absolute Gasteiger partial charge is 0.426 e. The third-order valence-corrected chi connectivity index (χ3v) is 5.32. The number of hydrogen-bond donors (Lipinski definition) is 1. The first-order valence-electron chi connectivity index (χ1n) is 9.48. The monoisotopic (exact) mass is 454 g/mol. The van der Waals surface area contributed by atoms with Gasteiger partial charge in [0.05, 0.1) is 0 Å². The number of nitrogens with zero attached hydrogens (tertiary/aromatic N) is 1. The summed E-state index contributed by atoms with van der Waals surface area (Å²) in [6, 6.07) is 8.59. The lowest BCUT2D eigenvalue weighted by Crippen LogP contribution is -2.52. The van der Waals surface area contributed by atoms with E-state index in [1.807, 2.05) is 0 Å². The molecule has 2 heterocycles. The summed E-state index contributed by atoms with van der Waals surface area (Å²) >= 11 is 0. The lowest BCUT2D eigenvalue weighted by molar-refractivity contribution is -0.360. The number of alkyl halides is 5. The number of fused-ring (bicyclic) bond motifs is 1. The number of nitrogens with one attached hydrogen (secondary N) is 1. The molecule has 2 aliphatic heterocycles. The van der Waals surface area contributed by atoms with Gasteiger partial charge >= 0.3 is 12.3 Å². The first-order chi connectivity index (χ1) is 15.0. The highest BCUT2D eigenvalue weighted by atomic mass is 19.4. The van der Waals surface area contributed by atoms with Crippen LogP contribution < -0.4 is 10.1 Å². The zero-order valence-electron chi connectivity index (χ0n) is 16.2. The third kappa shape index (κ3) is 3.78. The van der Waals surface area contributed by atoms with Gasteiger partial charge in [-0.25, -0.2) is 0 Å². The fourth-order valence-corrected chi connectivity index (χ4v) is 3.76. The average molecular weight is 454 g/mol. The number of rotatable bonds is 4. The van der Waals surface area contributed by atoms with Gasteiger partial charge in [-0.05, 0) is 41.3 Å².